The molecule has 0 heterocycles. The summed E-state index contributed by atoms with van der Waals surface area (Å²) < 4.78 is 20.5. The smallest absolute Gasteiger partial charge is 0.337 e. The van der Waals surface area contributed by atoms with Crippen LogP contribution in [-0.2, 0) is 19.0 Å². The predicted octanol–water partition coefficient (Wildman–Crippen LogP) is 3.72. The summed E-state index contributed by atoms with van der Waals surface area (Å²) in [7, 11) is 5.95. The zero-order valence-electron chi connectivity index (χ0n) is 14.5. The minimum atomic E-state index is -0.451. The monoisotopic (exact) mass is 354 g/mol. The molecular weight excluding hydrogens is 332 g/mol. The first-order valence-electron chi connectivity index (χ1n) is 7.34. The van der Waals surface area contributed by atoms with E-state index in [9.17, 15) is 4.79 Å². The maximum absolute atomic E-state index is 11.9. The van der Waals surface area contributed by atoms with Gasteiger partial charge >= 0.3 is 5.97 Å². The van der Waals surface area contributed by atoms with Gasteiger partial charge in [0.05, 0.1) is 44.3 Å². The minimum absolute atomic E-state index is 0.257. The number of rotatable bonds is 8. The topological polar surface area (TPSA) is 54.0 Å². The molecule has 132 valence electrons. The normalized spacial score (nSPS) is 14.3. The van der Waals surface area contributed by atoms with Crippen LogP contribution < -0.4 is 4.74 Å². The van der Waals surface area contributed by atoms with Gasteiger partial charge in [0, 0.05) is 13.0 Å². The van der Waals surface area contributed by atoms with Crippen LogP contribution in [0.1, 0.15) is 12.5 Å². The van der Waals surface area contributed by atoms with Gasteiger partial charge in [-0.25, -0.2) is 4.79 Å². The van der Waals surface area contributed by atoms with Gasteiger partial charge in [-0.1, -0.05) is 36.7 Å². The fourth-order valence-electron chi connectivity index (χ4n) is 2.20. The van der Waals surface area contributed by atoms with Crippen molar-refractivity contribution >= 4 is 23.6 Å². The van der Waals surface area contributed by atoms with Crippen molar-refractivity contribution in [3.05, 3.63) is 46.7 Å². The molecule has 6 heteroatoms. The zero-order chi connectivity index (χ0) is 18.1. The molecule has 0 bridgehead atoms. The summed E-state index contributed by atoms with van der Waals surface area (Å²) in [6, 6.07) is 5.45. The summed E-state index contributed by atoms with van der Waals surface area (Å²) in [6.07, 6.45) is 4.78. The van der Waals surface area contributed by atoms with Crippen LogP contribution in [0.15, 0.2) is 36.1 Å². The van der Waals surface area contributed by atoms with Gasteiger partial charge in [-0.3, -0.25) is 0 Å². The maximum atomic E-state index is 11.9. The molecule has 24 heavy (non-hydrogen) atoms. The molecule has 2 atom stereocenters. The first-order valence-corrected chi connectivity index (χ1v) is 7.72. The standard InChI is InChI=1S/C18H23ClO5/c1-12(14(11-21-2)18(20)24-5)16(22-3)9-7-13-6-8-15(19)17(10-13)23-4/h6-12,16H,1-5H3/b9-7+,14-11-/t12-,16-/m0/s1. The van der Waals surface area contributed by atoms with Crippen molar-refractivity contribution in [3.63, 3.8) is 0 Å². The first-order chi connectivity index (χ1) is 11.5. The van der Waals surface area contributed by atoms with Crippen molar-refractivity contribution in [2.24, 2.45) is 5.92 Å². The van der Waals surface area contributed by atoms with Crippen LogP contribution in [-0.4, -0.2) is 40.5 Å². The quantitative estimate of drug-likeness (QED) is 0.404. The van der Waals surface area contributed by atoms with Crippen LogP contribution in [0.5, 0.6) is 5.75 Å². The van der Waals surface area contributed by atoms with Gasteiger partial charge in [-0.15, -0.1) is 0 Å². The predicted molar refractivity (Wildman–Crippen MR) is 94.1 cm³/mol. The lowest BCUT2D eigenvalue weighted by atomic mass is 9.95. The van der Waals surface area contributed by atoms with Crippen molar-refractivity contribution in [1.82, 2.24) is 0 Å². The highest BCUT2D eigenvalue weighted by Crippen LogP contribution is 2.26. The van der Waals surface area contributed by atoms with Crippen LogP contribution in [0.4, 0.5) is 0 Å². The molecule has 0 aliphatic rings. The molecule has 5 nitrogen and oxygen atoms in total. The molecule has 1 rings (SSSR count). The van der Waals surface area contributed by atoms with E-state index in [1.807, 2.05) is 31.2 Å². The summed E-state index contributed by atoms with van der Waals surface area (Å²) in [5.74, 6) is -0.115. The van der Waals surface area contributed by atoms with Gasteiger partial charge in [0.25, 0.3) is 0 Å². The van der Waals surface area contributed by atoms with Crippen molar-refractivity contribution < 1.29 is 23.7 Å². The van der Waals surface area contributed by atoms with Crippen LogP contribution in [0.3, 0.4) is 0 Å². The van der Waals surface area contributed by atoms with E-state index in [0.29, 0.717) is 16.3 Å². The lowest BCUT2D eigenvalue weighted by Crippen LogP contribution is -2.24. The number of ether oxygens (including phenoxy) is 4. The van der Waals surface area contributed by atoms with E-state index in [4.69, 9.17) is 30.5 Å². The number of hydrogen-bond acceptors (Lipinski definition) is 5. The molecule has 0 spiro atoms. The molecule has 0 radical (unpaired) electrons. The third-order valence-corrected chi connectivity index (χ3v) is 3.89. The van der Waals surface area contributed by atoms with E-state index < -0.39 is 5.97 Å². The third-order valence-electron chi connectivity index (χ3n) is 3.57. The number of carbonyl (C=O) groups excluding carboxylic acids is 1. The number of carbonyl (C=O) groups is 1. The molecule has 0 amide bonds. The maximum Gasteiger partial charge on any atom is 0.337 e. The number of benzene rings is 1. The summed E-state index contributed by atoms with van der Waals surface area (Å²) >= 11 is 6.02. The van der Waals surface area contributed by atoms with Gasteiger partial charge in [0.15, 0.2) is 0 Å². The lowest BCUT2D eigenvalue weighted by molar-refractivity contribution is -0.137. The molecule has 0 fully saturated rings. The minimum Gasteiger partial charge on any atom is -0.504 e. The van der Waals surface area contributed by atoms with E-state index in [1.165, 1.54) is 20.5 Å². The average molecular weight is 355 g/mol. The molecule has 0 N–H and O–H groups in total. The molecule has 0 saturated heterocycles. The van der Waals surface area contributed by atoms with E-state index >= 15 is 0 Å². The summed E-state index contributed by atoms with van der Waals surface area (Å²) in [5, 5.41) is 0.544. The largest absolute Gasteiger partial charge is 0.504 e. The first kappa shape index (κ1) is 20.1. The van der Waals surface area contributed by atoms with Gasteiger partial charge < -0.3 is 18.9 Å². The van der Waals surface area contributed by atoms with Crippen LogP contribution in [0.25, 0.3) is 6.08 Å². The van der Waals surface area contributed by atoms with E-state index in [0.717, 1.165) is 5.56 Å². The molecule has 1 aromatic carbocycles. The second-order valence-electron chi connectivity index (χ2n) is 5.04. The highest BCUT2D eigenvalue weighted by Gasteiger charge is 2.25. The highest BCUT2D eigenvalue weighted by molar-refractivity contribution is 6.32. The van der Waals surface area contributed by atoms with Crippen LogP contribution in [0.2, 0.25) is 5.02 Å². The summed E-state index contributed by atoms with van der Waals surface area (Å²) in [4.78, 5) is 11.9. The van der Waals surface area contributed by atoms with Crippen molar-refractivity contribution in [1.29, 1.82) is 0 Å². The van der Waals surface area contributed by atoms with Gasteiger partial charge in [-0.05, 0) is 17.7 Å². The summed E-state index contributed by atoms with van der Waals surface area (Å²) in [5.41, 5.74) is 1.30. The van der Waals surface area contributed by atoms with E-state index in [-0.39, 0.29) is 12.0 Å². The Kier molecular flexibility index (Phi) is 8.36. The van der Waals surface area contributed by atoms with Gasteiger partial charge in [0.2, 0.25) is 0 Å². The molecule has 0 aliphatic heterocycles. The number of hydrogen-bond donors (Lipinski definition) is 0. The van der Waals surface area contributed by atoms with Gasteiger partial charge in [-0.2, -0.15) is 0 Å². The molecule has 0 aromatic heterocycles. The van der Waals surface area contributed by atoms with E-state index in [1.54, 1.807) is 20.3 Å². The lowest BCUT2D eigenvalue weighted by Gasteiger charge is -2.21. The Morgan fingerprint density at radius 2 is 1.92 bits per heavy atom. The Balaban J connectivity index is 3.00. The molecule has 0 aliphatic carbocycles. The second kappa shape index (κ2) is 10.0. The number of methoxy groups -OCH3 is 4. The molecule has 1 aromatic rings. The van der Waals surface area contributed by atoms with Crippen LogP contribution in [0, 0.1) is 5.92 Å². The van der Waals surface area contributed by atoms with E-state index in [2.05, 4.69) is 0 Å². The van der Waals surface area contributed by atoms with Crippen molar-refractivity contribution in [2.45, 2.75) is 13.0 Å². The second-order valence-corrected chi connectivity index (χ2v) is 5.45. The fourth-order valence-corrected chi connectivity index (χ4v) is 2.39. The number of halogens is 1. The van der Waals surface area contributed by atoms with Gasteiger partial charge in [0.1, 0.15) is 5.75 Å². The Bertz CT molecular complexity index is 609. The summed E-state index contributed by atoms with van der Waals surface area (Å²) in [6.45, 7) is 1.86. The molecule has 0 saturated carbocycles. The van der Waals surface area contributed by atoms with Crippen molar-refractivity contribution in [2.75, 3.05) is 28.4 Å². The molecule has 0 unspecified atom stereocenters. The van der Waals surface area contributed by atoms with Crippen LogP contribution >= 0.6 is 11.6 Å². The third kappa shape index (κ3) is 5.28. The molecular formula is C18H23ClO5. The highest BCUT2D eigenvalue weighted by atomic mass is 35.5. The zero-order valence-corrected chi connectivity index (χ0v) is 15.3. The Hall–Kier alpha value is -1.98. The Morgan fingerprint density at radius 1 is 1.21 bits per heavy atom. The SMILES string of the molecule is CO/C=C(\C(=O)OC)[C@H](C)[C@H](/C=C/c1ccc(Cl)c(OC)c1)OC. The number of esters is 1. The Labute approximate surface area is 147 Å². The average Bonchev–Trinajstić information content (AvgIpc) is 2.60. The Morgan fingerprint density at radius 3 is 2.46 bits per heavy atom. The van der Waals surface area contributed by atoms with Crippen molar-refractivity contribution in [3.8, 4) is 5.75 Å². The fraction of sp³-hybridized carbons (Fsp3) is 0.389.